The Hall–Kier alpha value is -4.75. The monoisotopic (exact) mass is 631 g/mol. The summed E-state index contributed by atoms with van der Waals surface area (Å²) in [4.78, 5) is 33.6. The molecule has 4 N–H and O–H groups in total. The van der Waals surface area contributed by atoms with Crippen LogP contribution in [-0.2, 0) is 14.3 Å². The van der Waals surface area contributed by atoms with Crippen LogP contribution < -0.4 is 16.0 Å². The molecule has 0 saturated carbocycles. The molecule has 4 heterocycles. The summed E-state index contributed by atoms with van der Waals surface area (Å²) >= 11 is 6.22. The SMILES string of the molecule is O=C(/C=C/c1cc(Cl)ccc1-n1cnnn1)N[C@H]1CCCCCNc2cc(NC(=O)OC[C@H]3CCCO3)ccc2-c2cnc1[nH]2. The maximum atomic E-state index is 13.1. The number of ether oxygens (including phenoxy) is 2. The van der Waals surface area contributed by atoms with E-state index in [9.17, 15) is 9.59 Å². The van der Waals surface area contributed by atoms with Crippen LogP contribution in [-0.4, -0.2) is 68.0 Å². The first-order valence-electron chi connectivity index (χ1n) is 15.0. The van der Waals surface area contributed by atoms with E-state index in [2.05, 4.69) is 41.4 Å². The van der Waals surface area contributed by atoms with Crippen molar-refractivity contribution in [2.24, 2.45) is 0 Å². The van der Waals surface area contributed by atoms with Gasteiger partial charge in [0, 0.05) is 46.8 Å². The Bertz CT molecular complexity index is 1650. The van der Waals surface area contributed by atoms with Crippen molar-refractivity contribution in [1.82, 2.24) is 35.5 Å². The third-order valence-corrected chi connectivity index (χ3v) is 7.94. The maximum Gasteiger partial charge on any atom is 0.411 e. The van der Waals surface area contributed by atoms with Gasteiger partial charge in [-0.15, -0.1) is 5.10 Å². The molecule has 2 aromatic carbocycles. The number of tetrazole rings is 1. The van der Waals surface area contributed by atoms with Gasteiger partial charge in [-0.2, -0.15) is 4.68 Å². The summed E-state index contributed by atoms with van der Waals surface area (Å²) in [6, 6.07) is 10.6. The predicted octanol–water partition coefficient (Wildman–Crippen LogP) is 5.29. The number of amides is 2. The Labute approximate surface area is 264 Å². The molecular weight excluding hydrogens is 598 g/mol. The number of anilines is 2. The summed E-state index contributed by atoms with van der Waals surface area (Å²) in [5.41, 5.74) is 4.54. The maximum absolute atomic E-state index is 13.1. The summed E-state index contributed by atoms with van der Waals surface area (Å²) in [5.74, 6) is 0.396. The molecule has 2 aliphatic heterocycles. The third-order valence-electron chi connectivity index (χ3n) is 7.71. The van der Waals surface area contributed by atoms with Crippen LogP contribution >= 0.6 is 11.6 Å². The number of nitrogens with zero attached hydrogens (tertiary/aromatic N) is 5. The molecule has 4 aromatic rings. The minimum absolute atomic E-state index is 0.0351. The second-order valence-corrected chi connectivity index (χ2v) is 11.4. The molecule has 2 amide bonds. The molecule has 2 aliphatic rings. The summed E-state index contributed by atoms with van der Waals surface area (Å²) in [7, 11) is 0. The van der Waals surface area contributed by atoms with Gasteiger partial charge in [-0.3, -0.25) is 10.1 Å². The summed E-state index contributed by atoms with van der Waals surface area (Å²) in [6.07, 6.45) is 11.3. The molecule has 6 rings (SSSR count). The van der Waals surface area contributed by atoms with E-state index < -0.39 is 6.09 Å². The second kappa shape index (κ2) is 14.4. The molecule has 0 aliphatic carbocycles. The Morgan fingerprint density at radius 1 is 1.13 bits per heavy atom. The highest BCUT2D eigenvalue weighted by Gasteiger charge is 2.20. The molecule has 2 atom stereocenters. The van der Waals surface area contributed by atoms with Gasteiger partial charge >= 0.3 is 6.09 Å². The largest absolute Gasteiger partial charge is 0.447 e. The minimum Gasteiger partial charge on any atom is -0.447 e. The quantitative estimate of drug-likeness (QED) is 0.199. The van der Waals surface area contributed by atoms with Crippen LogP contribution in [0.1, 0.15) is 56.0 Å². The van der Waals surface area contributed by atoms with Crippen molar-refractivity contribution in [3.05, 3.63) is 71.4 Å². The number of carbonyl (C=O) groups is 2. The van der Waals surface area contributed by atoms with E-state index in [1.54, 1.807) is 30.5 Å². The van der Waals surface area contributed by atoms with Gasteiger partial charge in [-0.05, 0) is 78.6 Å². The van der Waals surface area contributed by atoms with E-state index >= 15 is 0 Å². The molecular formula is C31H34ClN9O4. The van der Waals surface area contributed by atoms with Crippen LogP contribution in [0.5, 0.6) is 0 Å². The van der Waals surface area contributed by atoms with E-state index in [-0.39, 0.29) is 24.7 Å². The molecule has 1 fully saturated rings. The van der Waals surface area contributed by atoms with E-state index in [1.807, 2.05) is 18.2 Å². The normalized spacial score (nSPS) is 18.3. The number of fused-ring (bicyclic) bond motifs is 4. The molecule has 14 heteroatoms. The van der Waals surface area contributed by atoms with Gasteiger partial charge in [-0.25, -0.2) is 9.78 Å². The molecule has 1 saturated heterocycles. The van der Waals surface area contributed by atoms with Crippen molar-refractivity contribution >= 4 is 41.1 Å². The van der Waals surface area contributed by atoms with Gasteiger partial charge in [-0.1, -0.05) is 24.4 Å². The lowest BCUT2D eigenvalue weighted by atomic mass is 10.1. The Morgan fingerprint density at radius 2 is 2.07 bits per heavy atom. The van der Waals surface area contributed by atoms with Crippen molar-refractivity contribution in [3.63, 3.8) is 0 Å². The van der Waals surface area contributed by atoms with Gasteiger partial charge in [0.2, 0.25) is 5.91 Å². The number of carbonyl (C=O) groups excluding carboxylic acids is 2. The zero-order chi connectivity index (χ0) is 31.0. The number of hydrogen-bond acceptors (Lipinski definition) is 9. The van der Waals surface area contributed by atoms with Crippen LogP contribution in [0.2, 0.25) is 5.02 Å². The Balaban J connectivity index is 1.16. The number of H-pyrrole nitrogens is 1. The molecule has 45 heavy (non-hydrogen) atoms. The number of nitrogens with one attached hydrogen (secondary N) is 4. The van der Waals surface area contributed by atoms with Crippen LogP contribution in [0.4, 0.5) is 16.2 Å². The number of halogens is 1. The topological polar surface area (TPSA) is 161 Å². The average Bonchev–Trinajstić information content (AvgIpc) is 3.83. The lowest BCUT2D eigenvalue weighted by Gasteiger charge is -2.18. The predicted molar refractivity (Wildman–Crippen MR) is 169 cm³/mol. The number of aromatic amines is 1. The van der Waals surface area contributed by atoms with Crippen molar-refractivity contribution in [2.45, 2.75) is 50.7 Å². The minimum atomic E-state index is -0.517. The van der Waals surface area contributed by atoms with Gasteiger partial charge in [0.15, 0.2) is 0 Å². The fourth-order valence-corrected chi connectivity index (χ4v) is 5.61. The van der Waals surface area contributed by atoms with Crippen LogP contribution in [0.25, 0.3) is 23.0 Å². The van der Waals surface area contributed by atoms with E-state index in [0.717, 1.165) is 62.0 Å². The number of imidazole rings is 1. The number of benzene rings is 2. The summed E-state index contributed by atoms with van der Waals surface area (Å²) in [6.45, 7) is 1.70. The molecule has 0 radical (unpaired) electrons. The van der Waals surface area contributed by atoms with Gasteiger partial charge in [0.05, 0.1) is 29.7 Å². The second-order valence-electron chi connectivity index (χ2n) is 10.9. The van der Waals surface area contributed by atoms with Gasteiger partial charge < -0.3 is 25.1 Å². The van der Waals surface area contributed by atoms with Gasteiger partial charge in [0.25, 0.3) is 0 Å². The number of hydrogen-bond donors (Lipinski definition) is 4. The number of rotatable bonds is 7. The summed E-state index contributed by atoms with van der Waals surface area (Å²) < 4.78 is 12.4. The zero-order valence-electron chi connectivity index (χ0n) is 24.5. The fourth-order valence-electron chi connectivity index (χ4n) is 5.43. The Kier molecular flexibility index (Phi) is 9.66. The van der Waals surface area contributed by atoms with E-state index in [0.29, 0.717) is 34.4 Å². The van der Waals surface area contributed by atoms with Crippen molar-refractivity contribution in [3.8, 4) is 16.9 Å². The third kappa shape index (κ3) is 7.86. The fraction of sp³-hybridized carbons (Fsp3) is 0.355. The average molecular weight is 632 g/mol. The zero-order valence-corrected chi connectivity index (χ0v) is 25.3. The molecule has 0 unspecified atom stereocenters. The highest BCUT2D eigenvalue weighted by molar-refractivity contribution is 6.30. The smallest absolute Gasteiger partial charge is 0.411 e. The van der Waals surface area contributed by atoms with Crippen molar-refractivity contribution in [1.29, 1.82) is 0 Å². The van der Waals surface area contributed by atoms with Crippen molar-refractivity contribution in [2.75, 3.05) is 30.4 Å². The molecule has 234 valence electrons. The Morgan fingerprint density at radius 3 is 2.91 bits per heavy atom. The van der Waals surface area contributed by atoms with Gasteiger partial charge in [0.1, 0.15) is 18.8 Å². The first kappa shape index (κ1) is 30.3. The van der Waals surface area contributed by atoms with Crippen LogP contribution in [0.15, 0.2) is 55.0 Å². The number of aromatic nitrogens is 6. The molecule has 2 aromatic heterocycles. The molecule has 0 spiro atoms. The van der Waals surface area contributed by atoms with Crippen molar-refractivity contribution < 1.29 is 19.1 Å². The first-order chi connectivity index (χ1) is 22.0. The standard InChI is InChI=1S/C31H34ClN9O4/c32-21-8-11-28(41-19-35-39-40-41)20(15-21)7-12-29(42)37-25-6-2-1-3-13-33-26-16-22(9-10-24(26)27-17-34-30(25)38-27)36-31(43)45-18-23-5-4-14-44-23/h7-12,15-17,19,23,25,33H,1-6,13-14,18H2,(H,34,38)(H,36,43)(H,37,42)/b12-7+/t23-,25+/m1/s1. The highest BCUT2D eigenvalue weighted by Crippen LogP contribution is 2.32. The first-order valence-corrected chi connectivity index (χ1v) is 15.4. The molecule has 2 bridgehead atoms. The van der Waals surface area contributed by atoms with Crippen LogP contribution in [0, 0.1) is 0 Å². The van der Waals surface area contributed by atoms with E-state index in [1.165, 1.54) is 17.1 Å². The lowest BCUT2D eigenvalue weighted by molar-refractivity contribution is -0.117. The van der Waals surface area contributed by atoms with Crippen LogP contribution in [0.3, 0.4) is 0 Å². The van der Waals surface area contributed by atoms with E-state index in [4.69, 9.17) is 21.1 Å². The summed E-state index contributed by atoms with van der Waals surface area (Å²) in [5, 5.41) is 21.3. The molecule has 13 nitrogen and oxygen atoms in total. The lowest BCUT2D eigenvalue weighted by Crippen LogP contribution is -2.27. The highest BCUT2D eigenvalue weighted by atomic mass is 35.5.